The Hall–Kier alpha value is -2.14. The van der Waals surface area contributed by atoms with Gasteiger partial charge in [0.15, 0.2) is 0 Å². The van der Waals surface area contributed by atoms with Crippen molar-refractivity contribution in [3.05, 3.63) is 46.4 Å². The first kappa shape index (κ1) is 14.3. The summed E-state index contributed by atoms with van der Waals surface area (Å²) in [7, 11) is 1.54. The van der Waals surface area contributed by atoms with Gasteiger partial charge in [0.2, 0.25) is 0 Å². The van der Waals surface area contributed by atoms with Gasteiger partial charge in [-0.25, -0.2) is 4.79 Å². The van der Waals surface area contributed by atoms with Gasteiger partial charge in [-0.1, -0.05) is 11.6 Å². The number of hydrogen-bond donors (Lipinski definition) is 2. The molecule has 0 atom stereocenters. The van der Waals surface area contributed by atoms with E-state index in [2.05, 4.69) is 5.32 Å². The highest BCUT2D eigenvalue weighted by Crippen LogP contribution is 2.27. The number of nitrogens with one attached hydrogen (secondary N) is 1. The minimum absolute atomic E-state index is 0.176. The maximum absolute atomic E-state index is 10.9. The molecule has 0 fully saturated rings. The summed E-state index contributed by atoms with van der Waals surface area (Å²) in [5.74, 6) is 0.515. The highest BCUT2D eigenvalue weighted by molar-refractivity contribution is 6.32. The molecule has 0 aliphatic carbocycles. The van der Waals surface area contributed by atoms with E-state index in [1.54, 1.807) is 32.2 Å². The summed E-state index contributed by atoms with van der Waals surface area (Å²) in [6, 6.07) is 6.80. The Balaban J connectivity index is 2.09. The first-order valence-electron chi connectivity index (χ1n) is 5.91. The summed E-state index contributed by atoms with van der Waals surface area (Å²) in [4.78, 5) is 10.9. The summed E-state index contributed by atoms with van der Waals surface area (Å²) >= 11 is 5.94. The van der Waals surface area contributed by atoms with E-state index in [1.165, 1.54) is 6.07 Å². The number of anilines is 1. The Labute approximate surface area is 121 Å². The molecule has 1 aromatic carbocycles. The van der Waals surface area contributed by atoms with E-state index in [1.807, 2.05) is 0 Å². The third-order valence-electron chi connectivity index (χ3n) is 2.82. The third-order valence-corrected chi connectivity index (χ3v) is 3.13. The fraction of sp³-hybridized carbons (Fsp3) is 0.214. The zero-order valence-electron chi connectivity index (χ0n) is 11.1. The Morgan fingerprint density at radius 2 is 2.20 bits per heavy atom. The topological polar surface area (TPSA) is 71.7 Å². The molecule has 2 rings (SSSR count). The van der Waals surface area contributed by atoms with Crippen LogP contribution in [0.3, 0.4) is 0 Å². The smallest absolute Gasteiger partial charge is 0.339 e. The van der Waals surface area contributed by atoms with Crippen LogP contribution in [0.15, 0.2) is 28.7 Å². The fourth-order valence-electron chi connectivity index (χ4n) is 1.80. The second kappa shape index (κ2) is 5.88. The molecular weight excluding hydrogens is 282 g/mol. The highest BCUT2D eigenvalue weighted by Gasteiger charge is 2.13. The molecular formula is C14H14ClNO4. The van der Waals surface area contributed by atoms with Crippen molar-refractivity contribution >= 4 is 23.3 Å². The first-order chi connectivity index (χ1) is 9.51. The third kappa shape index (κ3) is 3.05. The van der Waals surface area contributed by atoms with Crippen LogP contribution >= 0.6 is 11.6 Å². The molecule has 0 saturated heterocycles. The minimum Gasteiger partial charge on any atom is -0.495 e. The number of carboxylic acid groups (broad SMARTS) is 1. The molecule has 0 amide bonds. The summed E-state index contributed by atoms with van der Waals surface area (Å²) in [6.07, 6.45) is 0. The molecule has 5 nitrogen and oxygen atoms in total. The van der Waals surface area contributed by atoms with Gasteiger partial charge in [0.05, 0.1) is 18.7 Å². The number of carbonyl (C=O) groups is 1. The number of ether oxygens (including phenoxy) is 1. The molecule has 0 aliphatic heterocycles. The van der Waals surface area contributed by atoms with Crippen molar-refractivity contribution in [2.45, 2.75) is 13.5 Å². The lowest BCUT2D eigenvalue weighted by Crippen LogP contribution is -1.99. The molecule has 0 bridgehead atoms. The van der Waals surface area contributed by atoms with E-state index in [9.17, 15) is 4.79 Å². The largest absolute Gasteiger partial charge is 0.495 e. The SMILES string of the molecule is COc1cc(NCc2cc(C(=O)O)c(C)o2)ccc1Cl. The maximum atomic E-state index is 10.9. The van der Waals surface area contributed by atoms with Crippen LogP contribution in [-0.2, 0) is 6.54 Å². The predicted octanol–water partition coefficient (Wildman–Crippen LogP) is 3.56. The fourth-order valence-corrected chi connectivity index (χ4v) is 2.00. The molecule has 0 radical (unpaired) electrons. The van der Waals surface area contributed by atoms with Crippen molar-refractivity contribution in [3.63, 3.8) is 0 Å². The summed E-state index contributed by atoms with van der Waals surface area (Å²) in [5, 5.41) is 12.6. The molecule has 0 spiro atoms. The number of rotatable bonds is 5. The van der Waals surface area contributed by atoms with Crippen LogP contribution in [0.2, 0.25) is 5.02 Å². The Kier molecular flexibility index (Phi) is 4.20. The monoisotopic (exact) mass is 295 g/mol. The van der Waals surface area contributed by atoms with Crippen LogP contribution in [0.25, 0.3) is 0 Å². The zero-order valence-corrected chi connectivity index (χ0v) is 11.8. The van der Waals surface area contributed by atoms with Crippen LogP contribution in [0.1, 0.15) is 21.9 Å². The quantitative estimate of drug-likeness (QED) is 0.882. The minimum atomic E-state index is -0.995. The van der Waals surface area contributed by atoms with Gasteiger partial charge in [-0.3, -0.25) is 0 Å². The van der Waals surface area contributed by atoms with E-state index in [0.29, 0.717) is 28.8 Å². The van der Waals surface area contributed by atoms with Crippen LogP contribution in [-0.4, -0.2) is 18.2 Å². The molecule has 2 aromatic rings. The van der Waals surface area contributed by atoms with Crippen LogP contribution < -0.4 is 10.1 Å². The molecule has 0 aliphatic rings. The first-order valence-corrected chi connectivity index (χ1v) is 6.29. The van der Waals surface area contributed by atoms with Crippen LogP contribution in [0, 0.1) is 6.92 Å². The van der Waals surface area contributed by atoms with Crippen molar-refractivity contribution in [2.75, 3.05) is 12.4 Å². The summed E-state index contributed by atoms with van der Waals surface area (Å²) < 4.78 is 10.5. The number of aryl methyl sites for hydroxylation is 1. The second-order valence-electron chi connectivity index (χ2n) is 4.19. The number of benzene rings is 1. The molecule has 106 valence electrons. The number of hydrogen-bond acceptors (Lipinski definition) is 4. The van der Waals surface area contributed by atoms with Gasteiger partial charge >= 0.3 is 5.97 Å². The van der Waals surface area contributed by atoms with Crippen LogP contribution in [0.5, 0.6) is 5.75 Å². The van der Waals surface area contributed by atoms with Gasteiger partial charge in [0.1, 0.15) is 22.8 Å². The Bertz CT molecular complexity index is 636. The van der Waals surface area contributed by atoms with Crippen molar-refractivity contribution in [3.8, 4) is 5.75 Å². The number of furan rings is 1. The zero-order chi connectivity index (χ0) is 14.7. The van der Waals surface area contributed by atoms with Crippen molar-refractivity contribution < 1.29 is 19.1 Å². The average molecular weight is 296 g/mol. The normalized spacial score (nSPS) is 10.3. The van der Waals surface area contributed by atoms with E-state index < -0.39 is 5.97 Å². The van der Waals surface area contributed by atoms with Crippen LogP contribution in [0.4, 0.5) is 5.69 Å². The second-order valence-corrected chi connectivity index (χ2v) is 4.60. The molecule has 20 heavy (non-hydrogen) atoms. The highest BCUT2D eigenvalue weighted by atomic mass is 35.5. The maximum Gasteiger partial charge on any atom is 0.339 e. The van der Waals surface area contributed by atoms with E-state index in [0.717, 1.165) is 5.69 Å². The van der Waals surface area contributed by atoms with Gasteiger partial charge < -0.3 is 19.6 Å². The van der Waals surface area contributed by atoms with Crippen molar-refractivity contribution in [1.29, 1.82) is 0 Å². The van der Waals surface area contributed by atoms with E-state index >= 15 is 0 Å². The standard InChI is InChI=1S/C14H14ClNO4/c1-8-11(14(17)18)6-10(20-8)7-16-9-3-4-12(15)13(5-9)19-2/h3-6,16H,7H2,1-2H3,(H,17,18). The molecule has 1 heterocycles. The molecule has 6 heteroatoms. The number of aromatic carboxylic acids is 1. The molecule has 2 N–H and O–H groups in total. The predicted molar refractivity (Wildman–Crippen MR) is 75.7 cm³/mol. The lowest BCUT2D eigenvalue weighted by Gasteiger charge is -2.08. The number of methoxy groups -OCH3 is 1. The van der Waals surface area contributed by atoms with Crippen molar-refractivity contribution in [1.82, 2.24) is 0 Å². The lowest BCUT2D eigenvalue weighted by molar-refractivity contribution is 0.0695. The van der Waals surface area contributed by atoms with Gasteiger partial charge in [-0.05, 0) is 25.1 Å². The Morgan fingerprint density at radius 3 is 2.80 bits per heavy atom. The van der Waals surface area contributed by atoms with E-state index in [-0.39, 0.29) is 5.56 Å². The number of carboxylic acids is 1. The molecule has 0 unspecified atom stereocenters. The van der Waals surface area contributed by atoms with Crippen molar-refractivity contribution in [2.24, 2.45) is 0 Å². The van der Waals surface area contributed by atoms with Gasteiger partial charge in [0.25, 0.3) is 0 Å². The van der Waals surface area contributed by atoms with Gasteiger partial charge in [-0.15, -0.1) is 0 Å². The summed E-state index contributed by atoms with van der Waals surface area (Å²) in [6.45, 7) is 2.00. The Morgan fingerprint density at radius 1 is 1.45 bits per heavy atom. The summed E-state index contributed by atoms with van der Waals surface area (Å²) in [5.41, 5.74) is 0.979. The lowest BCUT2D eigenvalue weighted by atomic mass is 10.2. The number of halogens is 1. The van der Waals surface area contributed by atoms with E-state index in [4.69, 9.17) is 25.9 Å². The van der Waals surface area contributed by atoms with Gasteiger partial charge in [0, 0.05) is 11.8 Å². The van der Waals surface area contributed by atoms with Gasteiger partial charge in [-0.2, -0.15) is 0 Å². The average Bonchev–Trinajstić information content (AvgIpc) is 2.79. The molecule has 1 aromatic heterocycles. The molecule has 0 saturated carbocycles.